The van der Waals surface area contributed by atoms with Crippen LogP contribution in [0.25, 0.3) is 0 Å². The van der Waals surface area contributed by atoms with Crippen molar-refractivity contribution >= 4 is 9.84 Å². The van der Waals surface area contributed by atoms with Gasteiger partial charge in [0.05, 0.1) is 11.0 Å². The molecular formula is C9H16N2O2S. The van der Waals surface area contributed by atoms with Gasteiger partial charge in [-0.3, -0.25) is 4.68 Å². The van der Waals surface area contributed by atoms with Gasteiger partial charge in [-0.05, 0) is 26.3 Å². The Balaban J connectivity index is 2.36. The molecule has 0 unspecified atom stereocenters. The van der Waals surface area contributed by atoms with Gasteiger partial charge in [-0.15, -0.1) is 0 Å². The highest BCUT2D eigenvalue weighted by molar-refractivity contribution is 7.91. The SMILES string of the molecule is CC(C)S(=O)(=O)CCCn1cccn1. The largest absolute Gasteiger partial charge is 0.273 e. The van der Waals surface area contributed by atoms with Gasteiger partial charge in [0.15, 0.2) is 9.84 Å². The van der Waals surface area contributed by atoms with Crippen molar-refractivity contribution in [1.29, 1.82) is 0 Å². The molecule has 1 heterocycles. The number of hydrogen-bond acceptors (Lipinski definition) is 3. The molecule has 0 N–H and O–H groups in total. The summed E-state index contributed by atoms with van der Waals surface area (Å²) in [4.78, 5) is 0. The molecule has 1 rings (SSSR count). The van der Waals surface area contributed by atoms with Gasteiger partial charge < -0.3 is 0 Å². The Labute approximate surface area is 84.9 Å². The van der Waals surface area contributed by atoms with Gasteiger partial charge in [0, 0.05) is 18.9 Å². The van der Waals surface area contributed by atoms with Crippen molar-refractivity contribution in [3.8, 4) is 0 Å². The van der Waals surface area contributed by atoms with Gasteiger partial charge in [-0.1, -0.05) is 0 Å². The lowest BCUT2D eigenvalue weighted by Crippen LogP contribution is -2.18. The molecule has 1 aromatic rings. The molecule has 0 saturated heterocycles. The Kier molecular flexibility index (Phi) is 3.69. The minimum atomic E-state index is -2.89. The maximum Gasteiger partial charge on any atom is 0.152 e. The van der Waals surface area contributed by atoms with Gasteiger partial charge in [0.1, 0.15) is 0 Å². The van der Waals surface area contributed by atoms with E-state index in [9.17, 15) is 8.42 Å². The quantitative estimate of drug-likeness (QED) is 0.740. The van der Waals surface area contributed by atoms with Gasteiger partial charge in [0.2, 0.25) is 0 Å². The number of aromatic nitrogens is 2. The van der Waals surface area contributed by atoms with Gasteiger partial charge in [-0.2, -0.15) is 5.10 Å². The van der Waals surface area contributed by atoms with Crippen LogP contribution >= 0.6 is 0 Å². The average molecular weight is 216 g/mol. The van der Waals surface area contributed by atoms with Crippen LogP contribution in [0.3, 0.4) is 0 Å². The second kappa shape index (κ2) is 4.59. The maximum atomic E-state index is 11.4. The van der Waals surface area contributed by atoms with Crippen molar-refractivity contribution in [2.45, 2.75) is 32.1 Å². The highest BCUT2D eigenvalue weighted by Gasteiger charge is 2.14. The summed E-state index contributed by atoms with van der Waals surface area (Å²) in [5.74, 6) is 0.241. The van der Waals surface area contributed by atoms with E-state index in [0.717, 1.165) is 0 Å². The molecule has 4 nitrogen and oxygen atoms in total. The standard InChI is InChI=1S/C9H16N2O2S/c1-9(2)14(12,13)8-4-7-11-6-3-5-10-11/h3,5-6,9H,4,7-8H2,1-2H3. The highest BCUT2D eigenvalue weighted by atomic mass is 32.2. The van der Waals surface area contributed by atoms with E-state index in [2.05, 4.69) is 5.10 Å². The molecule has 80 valence electrons. The summed E-state index contributed by atoms with van der Waals surface area (Å²) in [6, 6.07) is 1.83. The van der Waals surface area contributed by atoms with E-state index in [4.69, 9.17) is 0 Å². The van der Waals surface area contributed by atoms with Crippen LogP contribution in [0.5, 0.6) is 0 Å². The van der Waals surface area contributed by atoms with E-state index in [-0.39, 0.29) is 11.0 Å². The zero-order chi connectivity index (χ0) is 10.6. The molecule has 0 aromatic carbocycles. The molecule has 0 amide bonds. The molecule has 0 aliphatic rings. The first-order valence-corrected chi connectivity index (χ1v) is 6.43. The third-order valence-corrected chi connectivity index (χ3v) is 4.39. The number of nitrogens with zero attached hydrogens (tertiary/aromatic N) is 2. The first kappa shape index (κ1) is 11.2. The summed E-state index contributed by atoms with van der Waals surface area (Å²) in [5, 5.41) is 3.72. The van der Waals surface area contributed by atoms with Crippen LogP contribution in [-0.2, 0) is 16.4 Å². The summed E-state index contributed by atoms with van der Waals surface area (Å²) < 4.78 is 24.6. The Morgan fingerprint density at radius 3 is 2.64 bits per heavy atom. The maximum absolute atomic E-state index is 11.4. The van der Waals surface area contributed by atoms with Gasteiger partial charge in [-0.25, -0.2) is 8.42 Å². The average Bonchev–Trinajstić information content (AvgIpc) is 2.56. The van der Waals surface area contributed by atoms with Gasteiger partial charge >= 0.3 is 0 Å². The highest BCUT2D eigenvalue weighted by Crippen LogP contribution is 2.03. The Bertz CT molecular complexity index is 354. The first-order valence-electron chi connectivity index (χ1n) is 4.71. The Morgan fingerprint density at radius 1 is 1.43 bits per heavy atom. The lowest BCUT2D eigenvalue weighted by atomic mass is 10.5. The summed E-state index contributed by atoms with van der Waals surface area (Å²) in [7, 11) is -2.89. The lowest BCUT2D eigenvalue weighted by molar-refractivity contribution is 0.566. The fourth-order valence-electron chi connectivity index (χ4n) is 1.10. The summed E-state index contributed by atoms with van der Waals surface area (Å²) in [6.45, 7) is 4.09. The van der Waals surface area contributed by atoms with Crippen LogP contribution in [0.4, 0.5) is 0 Å². The molecular weight excluding hydrogens is 200 g/mol. The summed E-state index contributed by atoms with van der Waals surface area (Å²) >= 11 is 0. The minimum absolute atomic E-state index is 0.241. The summed E-state index contributed by atoms with van der Waals surface area (Å²) in [5.41, 5.74) is 0. The number of hydrogen-bond donors (Lipinski definition) is 0. The molecule has 0 aliphatic heterocycles. The van der Waals surface area contributed by atoms with Crippen LogP contribution in [0.15, 0.2) is 18.5 Å². The van der Waals surface area contributed by atoms with Crippen LogP contribution < -0.4 is 0 Å². The van der Waals surface area contributed by atoms with Crippen molar-refractivity contribution in [2.75, 3.05) is 5.75 Å². The van der Waals surface area contributed by atoms with Crippen molar-refractivity contribution in [1.82, 2.24) is 9.78 Å². The topological polar surface area (TPSA) is 52.0 Å². The third kappa shape index (κ3) is 3.14. The van der Waals surface area contributed by atoms with E-state index in [1.165, 1.54) is 0 Å². The fourth-order valence-corrected chi connectivity index (χ4v) is 2.10. The molecule has 0 bridgehead atoms. The molecule has 14 heavy (non-hydrogen) atoms. The van der Waals surface area contributed by atoms with E-state index in [1.54, 1.807) is 24.7 Å². The zero-order valence-electron chi connectivity index (χ0n) is 8.55. The van der Waals surface area contributed by atoms with Crippen molar-refractivity contribution in [3.63, 3.8) is 0 Å². The zero-order valence-corrected chi connectivity index (χ0v) is 9.37. The van der Waals surface area contributed by atoms with Crippen molar-refractivity contribution in [2.24, 2.45) is 0 Å². The number of rotatable bonds is 5. The fraction of sp³-hybridized carbons (Fsp3) is 0.667. The van der Waals surface area contributed by atoms with Crippen LogP contribution in [0, 0.1) is 0 Å². The van der Waals surface area contributed by atoms with Crippen molar-refractivity contribution in [3.05, 3.63) is 18.5 Å². The van der Waals surface area contributed by atoms with Crippen LogP contribution in [-0.4, -0.2) is 29.2 Å². The molecule has 0 atom stereocenters. The van der Waals surface area contributed by atoms with E-state index >= 15 is 0 Å². The smallest absolute Gasteiger partial charge is 0.152 e. The summed E-state index contributed by atoms with van der Waals surface area (Å²) in [6.07, 6.45) is 4.15. The Morgan fingerprint density at radius 2 is 2.14 bits per heavy atom. The predicted molar refractivity (Wildman–Crippen MR) is 55.8 cm³/mol. The van der Waals surface area contributed by atoms with E-state index in [0.29, 0.717) is 13.0 Å². The molecule has 0 radical (unpaired) electrons. The van der Waals surface area contributed by atoms with Crippen LogP contribution in [0.2, 0.25) is 0 Å². The second-order valence-electron chi connectivity index (χ2n) is 3.54. The van der Waals surface area contributed by atoms with E-state index < -0.39 is 9.84 Å². The first-order chi connectivity index (χ1) is 6.52. The second-order valence-corrected chi connectivity index (χ2v) is 6.22. The minimum Gasteiger partial charge on any atom is -0.273 e. The predicted octanol–water partition coefficient (Wildman–Crippen LogP) is 1.10. The number of aryl methyl sites for hydroxylation is 1. The molecule has 0 aliphatic carbocycles. The van der Waals surface area contributed by atoms with Crippen LogP contribution in [0.1, 0.15) is 20.3 Å². The molecule has 0 fully saturated rings. The third-order valence-electron chi connectivity index (χ3n) is 2.09. The molecule has 1 aromatic heterocycles. The monoisotopic (exact) mass is 216 g/mol. The van der Waals surface area contributed by atoms with Crippen molar-refractivity contribution < 1.29 is 8.42 Å². The van der Waals surface area contributed by atoms with E-state index in [1.807, 2.05) is 12.3 Å². The Hall–Kier alpha value is -0.840. The molecule has 5 heteroatoms. The van der Waals surface area contributed by atoms with Gasteiger partial charge in [0.25, 0.3) is 0 Å². The molecule has 0 spiro atoms. The molecule has 0 saturated carbocycles. The number of sulfone groups is 1. The lowest BCUT2D eigenvalue weighted by Gasteiger charge is -2.07. The normalized spacial score (nSPS) is 12.2.